The molecule has 0 saturated heterocycles. The first-order valence-electron chi connectivity index (χ1n) is 8.30. The summed E-state index contributed by atoms with van der Waals surface area (Å²) in [7, 11) is -3.57. The molecule has 0 fully saturated rings. The summed E-state index contributed by atoms with van der Waals surface area (Å²) < 4.78 is 30.7. The number of para-hydroxylation sites is 1. The highest BCUT2D eigenvalue weighted by molar-refractivity contribution is 7.92. The van der Waals surface area contributed by atoms with Crippen molar-refractivity contribution in [3.05, 3.63) is 60.2 Å². The van der Waals surface area contributed by atoms with Gasteiger partial charge in [0.05, 0.1) is 18.5 Å². The van der Waals surface area contributed by atoms with Crippen LogP contribution in [-0.2, 0) is 14.8 Å². The molecule has 8 heteroatoms. The highest BCUT2D eigenvalue weighted by Crippen LogP contribution is 2.19. The van der Waals surface area contributed by atoms with Crippen LogP contribution >= 0.6 is 0 Å². The van der Waals surface area contributed by atoms with E-state index in [1.807, 2.05) is 6.07 Å². The number of ether oxygens (including phenoxy) is 1. The van der Waals surface area contributed by atoms with Crippen LogP contribution in [0.2, 0.25) is 0 Å². The summed E-state index contributed by atoms with van der Waals surface area (Å²) in [5.74, 6) is 0.0629. The van der Waals surface area contributed by atoms with Gasteiger partial charge in [-0.25, -0.2) is 8.42 Å². The molecule has 0 heterocycles. The fourth-order valence-electron chi connectivity index (χ4n) is 2.38. The fourth-order valence-corrected chi connectivity index (χ4v) is 3.30. The van der Waals surface area contributed by atoms with E-state index in [2.05, 4.69) is 5.32 Å². The van der Waals surface area contributed by atoms with Crippen molar-refractivity contribution >= 4 is 27.4 Å². The van der Waals surface area contributed by atoms with Crippen LogP contribution in [0.5, 0.6) is 5.75 Å². The van der Waals surface area contributed by atoms with Gasteiger partial charge in [-0.05, 0) is 31.2 Å². The summed E-state index contributed by atoms with van der Waals surface area (Å²) in [6.07, 6.45) is 1.08. The molecule has 0 bridgehead atoms. The minimum Gasteiger partial charge on any atom is -0.484 e. The number of rotatable bonds is 9. The zero-order valence-electron chi connectivity index (χ0n) is 15.2. The molecule has 0 aliphatic carbocycles. The van der Waals surface area contributed by atoms with Crippen LogP contribution in [0.1, 0.15) is 17.3 Å². The first-order chi connectivity index (χ1) is 12.8. The summed E-state index contributed by atoms with van der Waals surface area (Å²) in [5, 5.41) is 2.63. The van der Waals surface area contributed by atoms with Crippen molar-refractivity contribution in [3.8, 4) is 5.75 Å². The SMILES string of the molecule is CC(=O)c1cccc(N(CCNC(=O)COc2ccccc2)S(C)(=O)=O)c1. The van der Waals surface area contributed by atoms with Gasteiger partial charge in [0.25, 0.3) is 5.91 Å². The smallest absolute Gasteiger partial charge is 0.258 e. The summed E-state index contributed by atoms with van der Waals surface area (Å²) in [6, 6.07) is 15.3. The summed E-state index contributed by atoms with van der Waals surface area (Å²) in [4.78, 5) is 23.4. The third-order valence-electron chi connectivity index (χ3n) is 3.69. The molecule has 7 nitrogen and oxygen atoms in total. The standard InChI is InChI=1S/C19H22N2O5S/c1-15(22)16-7-6-8-17(13-16)21(27(2,24)25)12-11-20-19(23)14-26-18-9-4-3-5-10-18/h3-10,13H,11-12,14H2,1-2H3,(H,20,23). The maximum atomic E-state index is 12.1. The number of sulfonamides is 1. The number of Topliss-reactive ketones (excluding diaryl/α,β-unsaturated/α-hetero) is 1. The molecule has 144 valence electrons. The first-order valence-corrected chi connectivity index (χ1v) is 10.2. The summed E-state index contributed by atoms with van der Waals surface area (Å²) in [6.45, 7) is 1.39. The quantitative estimate of drug-likeness (QED) is 0.660. The van der Waals surface area contributed by atoms with E-state index in [9.17, 15) is 18.0 Å². The lowest BCUT2D eigenvalue weighted by Crippen LogP contribution is -2.39. The zero-order chi connectivity index (χ0) is 19.9. The predicted molar refractivity (Wildman–Crippen MR) is 104 cm³/mol. The second kappa shape index (κ2) is 9.18. The molecular weight excluding hydrogens is 368 g/mol. The van der Waals surface area contributed by atoms with Crippen molar-refractivity contribution in [2.45, 2.75) is 6.92 Å². The Labute approximate surface area is 159 Å². The van der Waals surface area contributed by atoms with E-state index in [0.717, 1.165) is 10.6 Å². The molecule has 0 spiro atoms. The number of anilines is 1. The van der Waals surface area contributed by atoms with E-state index < -0.39 is 10.0 Å². The molecule has 0 aromatic heterocycles. The van der Waals surface area contributed by atoms with E-state index in [1.54, 1.807) is 42.5 Å². The van der Waals surface area contributed by atoms with Crippen LogP contribution in [-0.4, -0.2) is 46.1 Å². The molecule has 27 heavy (non-hydrogen) atoms. The average molecular weight is 390 g/mol. The lowest BCUT2D eigenvalue weighted by Gasteiger charge is -2.23. The number of ketones is 1. The molecule has 0 aliphatic heterocycles. The van der Waals surface area contributed by atoms with Gasteiger partial charge < -0.3 is 10.1 Å². The highest BCUT2D eigenvalue weighted by atomic mass is 32.2. The second-order valence-electron chi connectivity index (χ2n) is 5.89. The Morgan fingerprint density at radius 2 is 1.78 bits per heavy atom. The van der Waals surface area contributed by atoms with Crippen molar-refractivity contribution in [2.75, 3.05) is 30.3 Å². The maximum Gasteiger partial charge on any atom is 0.258 e. The van der Waals surface area contributed by atoms with Crippen LogP contribution < -0.4 is 14.4 Å². The van der Waals surface area contributed by atoms with Crippen LogP contribution in [0.15, 0.2) is 54.6 Å². The van der Waals surface area contributed by atoms with Crippen molar-refractivity contribution in [3.63, 3.8) is 0 Å². The van der Waals surface area contributed by atoms with Gasteiger partial charge in [-0.1, -0.05) is 30.3 Å². The van der Waals surface area contributed by atoms with Crippen molar-refractivity contribution in [2.24, 2.45) is 0 Å². The summed E-state index contributed by atoms with van der Waals surface area (Å²) >= 11 is 0. The number of carbonyl (C=O) groups is 2. The molecule has 0 saturated carbocycles. The normalized spacial score (nSPS) is 10.9. The van der Waals surface area contributed by atoms with Gasteiger partial charge >= 0.3 is 0 Å². The van der Waals surface area contributed by atoms with E-state index in [1.165, 1.54) is 13.0 Å². The number of amides is 1. The molecule has 2 rings (SSSR count). The van der Waals surface area contributed by atoms with Crippen LogP contribution in [0.25, 0.3) is 0 Å². The third kappa shape index (κ3) is 6.41. The van der Waals surface area contributed by atoms with Crippen molar-refractivity contribution < 1.29 is 22.7 Å². The van der Waals surface area contributed by atoms with Crippen LogP contribution in [0.4, 0.5) is 5.69 Å². The van der Waals surface area contributed by atoms with E-state index in [4.69, 9.17) is 4.74 Å². The van der Waals surface area contributed by atoms with Gasteiger partial charge in [-0.2, -0.15) is 0 Å². The van der Waals surface area contributed by atoms with Gasteiger partial charge in [0.15, 0.2) is 12.4 Å². The maximum absolute atomic E-state index is 12.1. The molecule has 0 radical (unpaired) electrons. The van der Waals surface area contributed by atoms with Gasteiger partial charge in [0.2, 0.25) is 10.0 Å². The van der Waals surface area contributed by atoms with E-state index >= 15 is 0 Å². The Hall–Kier alpha value is -2.87. The average Bonchev–Trinajstić information content (AvgIpc) is 2.63. The molecule has 1 amide bonds. The van der Waals surface area contributed by atoms with Crippen LogP contribution in [0.3, 0.4) is 0 Å². The molecular formula is C19H22N2O5S. The summed E-state index contributed by atoms with van der Waals surface area (Å²) in [5.41, 5.74) is 0.793. The minimum atomic E-state index is -3.57. The molecule has 0 atom stereocenters. The Bertz CT molecular complexity index is 897. The van der Waals surface area contributed by atoms with Gasteiger partial charge in [0.1, 0.15) is 5.75 Å². The Morgan fingerprint density at radius 1 is 1.07 bits per heavy atom. The molecule has 2 aromatic rings. The molecule has 0 unspecified atom stereocenters. The number of nitrogens with one attached hydrogen (secondary N) is 1. The van der Waals surface area contributed by atoms with Crippen LogP contribution in [0, 0.1) is 0 Å². The van der Waals surface area contributed by atoms with Gasteiger partial charge in [-0.15, -0.1) is 0 Å². The Kier molecular flexibility index (Phi) is 6.95. The zero-order valence-corrected chi connectivity index (χ0v) is 16.0. The minimum absolute atomic E-state index is 0.0390. The lowest BCUT2D eigenvalue weighted by molar-refractivity contribution is -0.123. The lowest BCUT2D eigenvalue weighted by atomic mass is 10.1. The van der Waals surface area contributed by atoms with Crippen molar-refractivity contribution in [1.82, 2.24) is 5.32 Å². The number of hydrogen-bond donors (Lipinski definition) is 1. The predicted octanol–water partition coefficient (Wildman–Crippen LogP) is 1.85. The van der Waals surface area contributed by atoms with Gasteiger partial charge in [-0.3, -0.25) is 13.9 Å². The number of carbonyl (C=O) groups excluding carboxylic acids is 2. The Morgan fingerprint density at radius 3 is 2.41 bits per heavy atom. The topological polar surface area (TPSA) is 92.8 Å². The largest absolute Gasteiger partial charge is 0.484 e. The first kappa shape index (κ1) is 20.4. The van der Waals surface area contributed by atoms with E-state index in [0.29, 0.717) is 17.0 Å². The molecule has 1 N–H and O–H groups in total. The number of hydrogen-bond acceptors (Lipinski definition) is 5. The monoisotopic (exact) mass is 390 g/mol. The second-order valence-corrected chi connectivity index (χ2v) is 7.80. The number of nitrogens with zero attached hydrogens (tertiary/aromatic N) is 1. The molecule has 2 aromatic carbocycles. The fraction of sp³-hybridized carbons (Fsp3) is 0.263. The highest BCUT2D eigenvalue weighted by Gasteiger charge is 2.18. The molecule has 0 aliphatic rings. The van der Waals surface area contributed by atoms with E-state index in [-0.39, 0.29) is 31.4 Å². The van der Waals surface area contributed by atoms with Crippen molar-refractivity contribution in [1.29, 1.82) is 0 Å². The Balaban J connectivity index is 1.94. The van der Waals surface area contributed by atoms with Gasteiger partial charge in [0, 0.05) is 12.1 Å². The third-order valence-corrected chi connectivity index (χ3v) is 4.89. The number of benzene rings is 2.